The highest BCUT2D eigenvalue weighted by atomic mass is 35.5. The standard InChI is InChI=1S/C25H22Cl2N4O4S/c1-2-34-24(33)23-22-11(10-28-23)20(21-14(29-22)4-3-5-17(21)32)18-6-7-19(35-18)36-25-30-15-8-12(26)13(27)9-16(15)31-25/h6-10,15-16,20,28-29H,2-5H2,1H3,(H,30,31). The number of fused-ring (bicyclic) bond motifs is 2. The highest BCUT2D eigenvalue weighted by Gasteiger charge is 2.39. The van der Waals surface area contributed by atoms with E-state index in [0.717, 1.165) is 24.1 Å². The molecule has 6 rings (SSSR count). The average molecular weight is 545 g/mol. The topological polar surface area (TPSA) is 109 Å². The zero-order chi connectivity index (χ0) is 25.0. The lowest BCUT2D eigenvalue weighted by Crippen LogP contribution is -2.32. The van der Waals surface area contributed by atoms with E-state index in [1.165, 1.54) is 11.8 Å². The number of hydrogen-bond donors (Lipinski definition) is 3. The number of nitrogens with zero attached hydrogens (tertiary/aromatic N) is 1. The van der Waals surface area contributed by atoms with Crippen molar-refractivity contribution in [3.8, 4) is 0 Å². The van der Waals surface area contributed by atoms with Gasteiger partial charge in [0.05, 0.1) is 40.4 Å². The number of furan rings is 1. The normalized spacial score (nSPS) is 24.6. The maximum absolute atomic E-state index is 13.0. The summed E-state index contributed by atoms with van der Waals surface area (Å²) in [7, 11) is 0. The van der Waals surface area contributed by atoms with Crippen LogP contribution in [0.5, 0.6) is 0 Å². The molecule has 8 nitrogen and oxygen atoms in total. The van der Waals surface area contributed by atoms with Gasteiger partial charge in [-0.15, -0.1) is 0 Å². The van der Waals surface area contributed by atoms with Crippen molar-refractivity contribution in [3.63, 3.8) is 0 Å². The number of amidine groups is 1. The van der Waals surface area contributed by atoms with Gasteiger partial charge in [-0.1, -0.05) is 23.2 Å². The number of nitrogens with one attached hydrogen (secondary N) is 3. The van der Waals surface area contributed by atoms with Gasteiger partial charge in [0.15, 0.2) is 16.0 Å². The molecule has 0 radical (unpaired) electrons. The van der Waals surface area contributed by atoms with Gasteiger partial charge in [-0.3, -0.25) is 9.79 Å². The van der Waals surface area contributed by atoms with Crippen LogP contribution in [-0.4, -0.2) is 40.6 Å². The summed E-state index contributed by atoms with van der Waals surface area (Å²) in [5.74, 6) is -0.161. The SMILES string of the molecule is CCOC(=O)c1[nH]cc2c1NC1=C(C(=O)CCC1)C2c1ccc(SC2=NC3C=C(Cl)C(Cl)=CC3N2)o1. The Hall–Kier alpha value is -2.88. The van der Waals surface area contributed by atoms with E-state index in [0.29, 0.717) is 49.5 Å². The Bertz CT molecular complexity index is 1400. The van der Waals surface area contributed by atoms with Gasteiger partial charge in [0, 0.05) is 29.5 Å². The van der Waals surface area contributed by atoms with Gasteiger partial charge >= 0.3 is 5.97 Å². The Kier molecular flexibility index (Phi) is 6.02. The molecule has 0 amide bonds. The summed E-state index contributed by atoms with van der Waals surface area (Å²) < 4.78 is 11.5. The van der Waals surface area contributed by atoms with Crippen molar-refractivity contribution in [2.75, 3.05) is 11.9 Å². The fraction of sp³-hybridized carbons (Fsp3) is 0.320. The largest absolute Gasteiger partial charge is 0.461 e. The number of aromatic amines is 1. The van der Waals surface area contributed by atoms with Gasteiger partial charge in [0.25, 0.3) is 0 Å². The maximum Gasteiger partial charge on any atom is 0.356 e. The number of H-pyrrole nitrogens is 1. The number of carbonyl (C=O) groups excluding carboxylic acids is 2. The molecule has 36 heavy (non-hydrogen) atoms. The van der Waals surface area contributed by atoms with Crippen LogP contribution >= 0.6 is 35.0 Å². The van der Waals surface area contributed by atoms with Crippen molar-refractivity contribution in [2.24, 2.45) is 4.99 Å². The third-order valence-electron chi connectivity index (χ3n) is 6.60. The van der Waals surface area contributed by atoms with Gasteiger partial charge in [-0.05, 0) is 55.8 Å². The summed E-state index contributed by atoms with van der Waals surface area (Å²) in [6.45, 7) is 2.03. The number of aromatic nitrogens is 1. The number of aliphatic imine (C=N–C) groups is 1. The molecule has 0 fully saturated rings. The highest BCUT2D eigenvalue weighted by molar-refractivity contribution is 8.13. The second-order valence-corrected chi connectivity index (χ2v) is 10.6. The van der Waals surface area contributed by atoms with Crippen LogP contribution in [0.2, 0.25) is 0 Å². The fourth-order valence-corrected chi connectivity index (χ4v) is 6.24. The quantitative estimate of drug-likeness (QED) is 0.442. The molecular weight excluding hydrogens is 523 g/mol. The number of ether oxygens (including phenoxy) is 1. The van der Waals surface area contributed by atoms with Crippen LogP contribution in [0.15, 0.2) is 66.3 Å². The highest BCUT2D eigenvalue weighted by Crippen LogP contribution is 2.47. The van der Waals surface area contributed by atoms with Crippen molar-refractivity contribution < 1.29 is 18.7 Å². The lowest BCUT2D eigenvalue weighted by Gasteiger charge is -2.31. The third kappa shape index (κ3) is 3.99. The van der Waals surface area contributed by atoms with E-state index in [4.69, 9.17) is 32.4 Å². The van der Waals surface area contributed by atoms with Crippen LogP contribution in [0.4, 0.5) is 5.69 Å². The number of anilines is 1. The van der Waals surface area contributed by atoms with Crippen molar-refractivity contribution in [2.45, 2.75) is 49.3 Å². The van der Waals surface area contributed by atoms with Crippen LogP contribution in [0, 0.1) is 0 Å². The molecule has 2 aliphatic heterocycles. The minimum atomic E-state index is -0.443. The molecule has 11 heteroatoms. The summed E-state index contributed by atoms with van der Waals surface area (Å²) in [5, 5.41) is 8.99. The Morgan fingerprint density at radius 3 is 2.92 bits per heavy atom. The minimum absolute atomic E-state index is 0.0577. The van der Waals surface area contributed by atoms with Crippen molar-refractivity contribution in [1.82, 2.24) is 10.3 Å². The van der Waals surface area contributed by atoms with Crippen molar-refractivity contribution in [3.05, 3.63) is 68.8 Å². The Balaban J connectivity index is 1.32. The molecule has 4 heterocycles. The molecule has 2 aromatic heterocycles. The van der Waals surface area contributed by atoms with Crippen LogP contribution < -0.4 is 10.6 Å². The molecule has 2 aliphatic carbocycles. The number of ketones is 1. The lowest BCUT2D eigenvalue weighted by molar-refractivity contribution is -0.116. The first-order valence-corrected chi connectivity index (χ1v) is 13.3. The number of thioether (sulfide) groups is 1. The molecule has 3 atom stereocenters. The van der Waals surface area contributed by atoms with Crippen LogP contribution in [-0.2, 0) is 9.53 Å². The number of esters is 1. The van der Waals surface area contributed by atoms with E-state index in [2.05, 4.69) is 20.6 Å². The smallest absolute Gasteiger partial charge is 0.356 e. The first-order chi connectivity index (χ1) is 17.4. The first kappa shape index (κ1) is 23.5. The van der Waals surface area contributed by atoms with Crippen molar-refractivity contribution in [1.29, 1.82) is 0 Å². The van der Waals surface area contributed by atoms with Gasteiger partial charge < -0.3 is 24.8 Å². The minimum Gasteiger partial charge on any atom is -0.461 e. The van der Waals surface area contributed by atoms with Gasteiger partial charge in [-0.25, -0.2) is 4.79 Å². The van der Waals surface area contributed by atoms with E-state index in [1.54, 1.807) is 13.1 Å². The van der Waals surface area contributed by atoms with E-state index in [-0.39, 0.29) is 24.5 Å². The molecule has 0 bridgehead atoms. The summed E-state index contributed by atoms with van der Waals surface area (Å²) in [6.07, 6.45) is 7.40. The van der Waals surface area contributed by atoms with E-state index < -0.39 is 11.9 Å². The average Bonchev–Trinajstić information content (AvgIpc) is 3.57. The van der Waals surface area contributed by atoms with Gasteiger partial charge in [-0.2, -0.15) is 0 Å². The zero-order valence-corrected chi connectivity index (χ0v) is 21.5. The molecule has 3 N–H and O–H groups in total. The molecule has 0 spiro atoms. The molecule has 186 valence electrons. The Morgan fingerprint density at radius 1 is 1.25 bits per heavy atom. The molecule has 4 aliphatic rings. The second kappa shape index (κ2) is 9.21. The second-order valence-electron chi connectivity index (χ2n) is 8.82. The summed E-state index contributed by atoms with van der Waals surface area (Å²) in [4.78, 5) is 33.3. The molecule has 3 unspecified atom stereocenters. The van der Waals surface area contributed by atoms with Crippen molar-refractivity contribution >= 4 is 57.6 Å². The van der Waals surface area contributed by atoms with Gasteiger partial charge in [0.2, 0.25) is 0 Å². The molecule has 2 aromatic rings. The maximum atomic E-state index is 13.0. The molecule has 0 aromatic carbocycles. The predicted molar refractivity (Wildman–Crippen MR) is 139 cm³/mol. The first-order valence-electron chi connectivity index (χ1n) is 11.7. The number of allylic oxidation sites excluding steroid dienone is 4. The fourth-order valence-electron chi connectivity index (χ4n) is 5.02. The summed E-state index contributed by atoms with van der Waals surface area (Å²) in [6, 6.07) is 3.56. The number of Topliss-reactive ketones (excluding diaryl/α,β-unsaturated/α-hetero) is 1. The Labute approximate surface area is 221 Å². The molecule has 0 saturated heterocycles. The van der Waals surface area contributed by atoms with E-state index in [9.17, 15) is 9.59 Å². The van der Waals surface area contributed by atoms with E-state index in [1.807, 2.05) is 24.3 Å². The van der Waals surface area contributed by atoms with Crippen LogP contribution in [0.1, 0.15) is 53.9 Å². The number of carbonyl (C=O) groups is 2. The van der Waals surface area contributed by atoms with Gasteiger partial charge in [0.1, 0.15) is 11.5 Å². The van der Waals surface area contributed by atoms with Crippen LogP contribution in [0.25, 0.3) is 0 Å². The lowest BCUT2D eigenvalue weighted by atomic mass is 9.78. The number of halogens is 2. The predicted octanol–water partition coefficient (Wildman–Crippen LogP) is 5.40. The molecule has 0 saturated carbocycles. The third-order valence-corrected chi connectivity index (χ3v) is 8.19. The Morgan fingerprint density at radius 2 is 2.08 bits per heavy atom. The van der Waals surface area contributed by atoms with Crippen LogP contribution in [0.3, 0.4) is 0 Å². The molecular formula is C25H22Cl2N4O4S. The number of rotatable bonds is 4. The number of hydrogen-bond acceptors (Lipinski definition) is 8. The monoisotopic (exact) mass is 544 g/mol. The van der Waals surface area contributed by atoms with E-state index >= 15 is 0 Å². The summed E-state index contributed by atoms with van der Waals surface area (Å²) >= 11 is 13.7. The zero-order valence-electron chi connectivity index (χ0n) is 19.2. The summed E-state index contributed by atoms with van der Waals surface area (Å²) in [5.41, 5.74) is 3.28.